The molecule has 0 aliphatic heterocycles. The first-order chi connectivity index (χ1) is 5.79. The van der Waals surface area contributed by atoms with Crippen LogP contribution in [0, 0.1) is 0 Å². The summed E-state index contributed by atoms with van der Waals surface area (Å²) in [6, 6.07) is 5.69. The number of phenolic OH excluding ortho intramolecular Hbond substituents is 1. The van der Waals surface area contributed by atoms with Gasteiger partial charge >= 0.3 is 0 Å². The fraction of sp³-hybridized carbons (Fsp3) is 0.273. The molecule has 0 atom stereocenters. The highest BCUT2D eigenvalue weighted by molar-refractivity contribution is 5.52. The lowest BCUT2D eigenvalue weighted by atomic mass is 10.1. The largest absolute Gasteiger partial charge is 0.508 e. The molecule has 0 radical (unpaired) electrons. The highest BCUT2D eigenvalue weighted by atomic mass is 16.3. The van der Waals surface area contributed by atoms with Gasteiger partial charge in [-0.1, -0.05) is 18.7 Å². The molecule has 0 unspecified atom stereocenters. The van der Waals surface area contributed by atoms with E-state index in [0.29, 0.717) is 11.7 Å². The molecule has 1 aliphatic carbocycles. The van der Waals surface area contributed by atoms with Crippen molar-refractivity contribution in [3.8, 4) is 5.75 Å². The van der Waals surface area contributed by atoms with Gasteiger partial charge in [0.15, 0.2) is 0 Å². The molecule has 62 valence electrons. The van der Waals surface area contributed by atoms with Crippen LogP contribution in [0.3, 0.4) is 0 Å². The van der Waals surface area contributed by atoms with Gasteiger partial charge in [0, 0.05) is 0 Å². The van der Waals surface area contributed by atoms with Gasteiger partial charge in [-0.05, 0) is 42.0 Å². The number of rotatable bonds is 2. The Labute approximate surface area is 72.4 Å². The Morgan fingerprint density at radius 3 is 2.67 bits per heavy atom. The molecule has 1 saturated carbocycles. The summed E-state index contributed by atoms with van der Waals surface area (Å²) in [5.74, 6) is 1.05. The average Bonchev–Trinajstić information content (AvgIpc) is 2.85. The van der Waals surface area contributed by atoms with Crippen LogP contribution < -0.4 is 0 Å². The maximum atomic E-state index is 9.35. The van der Waals surface area contributed by atoms with E-state index in [2.05, 4.69) is 12.6 Å². The predicted octanol–water partition coefficient (Wildman–Crippen LogP) is 2.91. The van der Waals surface area contributed by atoms with E-state index in [4.69, 9.17) is 0 Å². The summed E-state index contributed by atoms with van der Waals surface area (Å²) in [7, 11) is 0. The van der Waals surface area contributed by atoms with Gasteiger partial charge in [0.1, 0.15) is 5.75 Å². The summed E-state index contributed by atoms with van der Waals surface area (Å²) in [5.41, 5.74) is 2.27. The first-order valence-corrected chi connectivity index (χ1v) is 4.26. The van der Waals surface area contributed by atoms with Crippen molar-refractivity contribution in [2.45, 2.75) is 18.8 Å². The van der Waals surface area contributed by atoms with Crippen LogP contribution in [0.15, 0.2) is 24.8 Å². The van der Waals surface area contributed by atoms with Gasteiger partial charge in [-0.2, -0.15) is 0 Å². The SMILES string of the molecule is C=Cc1cc(O)cc(C2CC2)c1. The second-order valence-corrected chi connectivity index (χ2v) is 3.34. The number of aromatic hydroxyl groups is 1. The van der Waals surface area contributed by atoms with Crippen LogP contribution >= 0.6 is 0 Å². The third-order valence-corrected chi connectivity index (χ3v) is 2.25. The molecule has 0 amide bonds. The third kappa shape index (κ3) is 1.35. The molecule has 1 aromatic rings. The van der Waals surface area contributed by atoms with E-state index in [1.54, 1.807) is 12.1 Å². The predicted molar refractivity (Wildman–Crippen MR) is 50.2 cm³/mol. The smallest absolute Gasteiger partial charge is 0.116 e. The summed E-state index contributed by atoms with van der Waals surface area (Å²) in [6.45, 7) is 3.68. The molecule has 0 bridgehead atoms. The number of hydrogen-bond donors (Lipinski definition) is 1. The molecule has 1 nitrogen and oxygen atoms in total. The molecule has 1 aromatic carbocycles. The van der Waals surface area contributed by atoms with Crippen molar-refractivity contribution in [3.05, 3.63) is 35.9 Å². The van der Waals surface area contributed by atoms with Crippen molar-refractivity contribution in [1.82, 2.24) is 0 Å². The second kappa shape index (κ2) is 2.67. The van der Waals surface area contributed by atoms with Crippen LogP contribution in [-0.2, 0) is 0 Å². The molecule has 0 spiro atoms. The monoisotopic (exact) mass is 160 g/mol. The average molecular weight is 160 g/mol. The number of hydrogen-bond acceptors (Lipinski definition) is 1. The second-order valence-electron chi connectivity index (χ2n) is 3.34. The Bertz CT molecular complexity index is 311. The van der Waals surface area contributed by atoms with Crippen LogP contribution in [0.2, 0.25) is 0 Å². The molecule has 1 heteroatoms. The van der Waals surface area contributed by atoms with E-state index in [1.807, 2.05) is 6.07 Å². The van der Waals surface area contributed by atoms with Gasteiger partial charge in [-0.15, -0.1) is 0 Å². The maximum absolute atomic E-state index is 9.35. The summed E-state index contributed by atoms with van der Waals surface area (Å²) < 4.78 is 0. The van der Waals surface area contributed by atoms with E-state index < -0.39 is 0 Å². The lowest BCUT2D eigenvalue weighted by Gasteiger charge is -2.01. The molecular formula is C11H12O. The van der Waals surface area contributed by atoms with Crippen molar-refractivity contribution in [2.24, 2.45) is 0 Å². The van der Waals surface area contributed by atoms with Crippen LogP contribution in [0.4, 0.5) is 0 Å². The van der Waals surface area contributed by atoms with E-state index in [-0.39, 0.29) is 0 Å². The highest BCUT2D eigenvalue weighted by Crippen LogP contribution is 2.41. The van der Waals surface area contributed by atoms with Gasteiger partial charge in [0.2, 0.25) is 0 Å². The summed E-state index contributed by atoms with van der Waals surface area (Å²) in [6.07, 6.45) is 4.30. The van der Waals surface area contributed by atoms with Crippen molar-refractivity contribution < 1.29 is 5.11 Å². The quantitative estimate of drug-likeness (QED) is 0.705. The van der Waals surface area contributed by atoms with Crippen LogP contribution in [0.1, 0.15) is 29.9 Å². The fourth-order valence-corrected chi connectivity index (χ4v) is 1.43. The molecule has 1 N–H and O–H groups in total. The normalized spacial score (nSPS) is 16.0. The first-order valence-electron chi connectivity index (χ1n) is 4.26. The van der Waals surface area contributed by atoms with Crippen LogP contribution in [0.25, 0.3) is 6.08 Å². The van der Waals surface area contributed by atoms with Crippen LogP contribution in [-0.4, -0.2) is 5.11 Å². The Balaban J connectivity index is 2.40. The zero-order valence-corrected chi connectivity index (χ0v) is 6.96. The molecule has 12 heavy (non-hydrogen) atoms. The van der Waals surface area contributed by atoms with E-state index in [9.17, 15) is 5.11 Å². The van der Waals surface area contributed by atoms with Crippen molar-refractivity contribution in [3.63, 3.8) is 0 Å². The van der Waals surface area contributed by atoms with Gasteiger partial charge in [0.25, 0.3) is 0 Å². The summed E-state index contributed by atoms with van der Waals surface area (Å²) in [5, 5.41) is 9.35. The Kier molecular flexibility index (Phi) is 1.65. The fourth-order valence-electron chi connectivity index (χ4n) is 1.43. The minimum atomic E-state index is 0.356. The standard InChI is InChI=1S/C11H12O/c1-2-8-5-10(9-3-4-9)7-11(12)6-8/h2,5-7,9,12H,1,3-4H2. The van der Waals surface area contributed by atoms with Gasteiger partial charge < -0.3 is 5.11 Å². The third-order valence-electron chi connectivity index (χ3n) is 2.25. The molecule has 2 rings (SSSR count). The zero-order valence-electron chi connectivity index (χ0n) is 6.96. The zero-order chi connectivity index (χ0) is 8.55. The van der Waals surface area contributed by atoms with Crippen molar-refractivity contribution >= 4 is 6.08 Å². The summed E-state index contributed by atoms with van der Waals surface area (Å²) in [4.78, 5) is 0. The maximum Gasteiger partial charge on any atom is 0.116 e. The number of phenols is 1. The van der Waals surface area contributed by atoms with Crippen LogP contribution in [0.5, 0.6) is 5.75 Å². The Hall–Kier alpha value is -1.24. The van der Waals surface area contributed by atoms with E-state index >= 15 is 0 Å². The number of benzene rings is 1. The van der Waals surface area contributed by atoms with Crippen molar-refractivity contribution in [1.29, 1.82) is 0 Å². The van der Waals surface area contributed by atoms with Gasteiger partial charge in [0.05, 0.1) is 0 Å². The Morgan fingerprint density at radius 2 is 2.08 bits per heavy atom. The van der Waals surface area contributed by atoms with Crippen molar-refractivity contribution in [2.75, 3.05) is 0 Å². The Morgan fingerprint density at radius 1 is 1.33 bits per heavy atom. The summed E-state index contributed by atoms with van der Waals surface area (Å²) >= 11 is 0. The molecule has 1 aliphatic rings. The van der Waals surface area contributed by atoms with Gasteiger partial charge in [-0.3, -0.25) is 0 Å². The first kappa shape index (κ1) is 7.41. The lowest BCUT2D eigenvalue weighted by Crippen LogP contribution is -1.80. The topological polar surface area (TPSA) is 20.2 Å². The van der Waals surface area contributed by atoms with Gasteiger partial charge in [-0.25, -0.2) is 0 Å². The van der Waals surface area contributed by atoms with E-state index in [1.165, 1.54) is 18.4 Å². The van der Waals surface area contributed by atoms with E-state index in [0.717, 1.165) is 5.56 Å². The molecule has 0 saturated heterocycles. The minimum absolute atomic E-state index is 0.356. The molecule has 0 aromatic heterocycles. The molecule has 0 heterocycles. The molecule has 1 fully saturated rings. The molecular weight excluding hydrogens is 148 g/mol. The lowest BCUT2D eigenvalue weighted by molar-refractivity contribution is 0.474. The highest BCUT2D eigenvalue weighted by Gasteiger charge is 2.23. The minimum Gasteiger partial charge on any atom is -0.508 e.